The fourth-order valence-corrected chi connectivity index (χ4v) is 2.68. The Morgan fingerprint density at radius 2 is 1.75 bits per heavy atom. The monoisotopic (exact) mass is 365 g/mol. The van der Waals surface area contributed by atoms with E-state index in [1.54, 1.807) is 18.2 Å². The number of nitrogens with one attached hydrogen (secondary N) is 1. The van der Waals surface area contributed by atoms with E-state index in [1.165, 1.54) is 12.4 Å². The molecule has 0 spiro atoms. The highest BCUT2D eigenvalue weighted by molar-refractivity contribution is 6.42. The minimum atomic E-state index is -0.293. The molecule has 8 heteroatoms. The second-order valence-corrected chi connectivity index (χ2v) is 6.46. The van der Waals surface area contributed by atoms with Crippen LogP contribution < -0.4 is 10.2 Å². The first kappa shape index (κ1) is 17.0. The van der Waals surface area contributed by atoms with E-state index in [0.29, 0.717) is 27.2 Å². The van der Waals surface area contributed by atoms with Gasteiger partial charge in [0.2, 0.25) is 5.95 Å². The third kappa shape index (κ3) is 3.95. The Kier molecular flexibility index (Phi) is 5.18. The summed E-state index contributed by atoms with van der Waals surface area (Å²) in [6, 6.07) is 4.92. The molecular formula is C16H17Cl2N5O. The van der Waals surface area contributed by atoms with E-state index in [4.69, 9.17) is 23.2 Å². The maximum Gasteiger partial charge on any atom is 0.258 e. The molecule has 2 aromatic rings. The summed E-state index contributed by atoms with van der Waals surface area (Å²) in [4.78, 5) is 25.2. The first-order valence-electron chi connectivity index (χ1n) is 7.55. The van der Waals surface area contributed by atoms with Crippen LogP contribution in [0.25, 0.3) is 0 Å². The summed E-state index contributed by atoms with van der Waals surface area (Å²) in [6.45, 7) is 3.71. The first-order chi connectivity index (χ1) is 11.5. The maximum atomic E-state index is 12.3. The molecule has 6 nitrogen and oxygen atoms in total. The fraction of sp³-hybridized carbons (Fsp3) is 0.312. The van der Waals surface area contributed by atoms with Gasteiger partial charge in [0, 0.05) is 44.3 Å². The van der Waals surface area contributed by atoms with Crippen LogP contribution in [0, 0.1) is 0 Å². The summed E-state index contributed by atoms with van der Waals surface area (Å²) in [5.41, 5.74) is 0.955. The summed E-state index contributed by atoms with van der Waals surface area (Å²) in [5.74, 6) is 0.354. The van der Waals surface area contributed by atoms with E-state index in [2.05, 4.69) is 32.1 Å². The van der Waals surface area contributed by atoms with Crippen molar-refractivity contribution in [1.29, 1.82) is 0 Å². The Morgan fingerprint density at radius 1 is 1.08 bits per heavy atom. The van der Waals surface area contributed by atoms with Crippen LogP contribution in [0.2, 0.25) is 10.0 Å². The number of likely N-dealkylation sites (N-methyl/N-ethyl adjacent to an activating group) is 1. The van der Waals surface area contributed by atoms with Crippen molar-refractivity contribution < 1.29 is 4.79 Å². The van der Waals surface area contributed by atoms with Crippen LogP contribution in [0.1, 0.15) is 10.4 Å². The number of rotatable bonds is 3. The van der Waals surface area contributed by atoms with Gasteiger partial charge in [0.25, 0.3) is 5.91 Å². The molecule has 1 saturated heterocycles. The average molecular weight is 366 g/mol. The number of hydrogen-bond donors (Lipinski definition) is 1. The Bertz CT molecular complexity index is 730. The van der Waals surface area contributed by atoms with Crippen molar-refractivity contribution in [3.8, 4) is 0 Å². The number of carbonyl (C=O) groups is 1. The summed E-state index contributed by atoms with van der Waals surface area (Å²) in [5, 5.41) is 3.57. The van der Waals surface area contributed by atoms with Crippen molar-refractivity contribution in [3.63, 3.8) is 0 Å². The third-order valence-corrected chi connectivity index (χ3v) is 4.60. The van der Waals surface area contributed by atoms with Crippen LogP contribution in [0.15, 0.2) is 30.6 Å². The predicted molar refractivity (Wildman–Crippen MR) is 96.2 cm³/mol. The Hall–Kier alpha value is -1.89. The number of piperazine rings is 1. The molecule has 0 saturated carbocycles. The van der Waals surface area contributed by atoms with Crippen LogP contribution in [-0.4, -0.2) is 54.0 Å². The molecule has 3 rings (SSSR count). The minimum absolute atomic E-state index is 0.293. The quantitative estimate of drug-likeness (QED) is 0.905. The molecule has 24 heavy (non-hydrogen) atoms. The van der Waals surface area contributed by atoms with E-state index in [1.807, 2.05) is 0 Å². The summed E-state index contributed by atoms with van der Waals surface area (Å²) in [7, 11) is 2.09. The molecule has 1 fully saturated rings. The van der Waals surface area contributed by atoms with Gasteiger partial charge in [-0.25, -0.2) is 9.97 Å². The zero-order valence-electron chi connectivity index (χ0n) is 13.2. The number of carbonyl (C=O) groups excluding carboxylic acids is 1. The number of hydrogen-bond acceptors (Lipinski definition) is 5. The zero-order chi connectivity index (χ0) is 17.1. The maximum absolute atomic E-state index is 12.3. The van der Waals surface area contributed by atoms with Gasteiger partial charge in [0.05, 0.1) is 15.6 Å². The molecule has 0 aliphatic carbocycles. The first-order valence-corrected chi connectivity index (χ1v) is 8.30. The van der Waals surface area contributed by atoms with Gasteiger partial charge in [0.15, 0.2) is 0 Å². The predicted octanol–water partition coefficient (Wildman–Crippen LogP) is 2.79. The lowest BCUT2D eigenvalue weighted by molar-refractivity contribution is 0.102. The molecule has 1 aliphatic heterocycles. The van der Waals surface area contributed by atoms with Gasteiger partial charge < -0.3 is 15.1 Å². The lowest BCUT2D eigenvalue weighted by Gasteiger charge is -2.32. The molecule has 2 heterocycles. The van der Waals surface area contributed by atoms with E-state index in [0.717, 1.165) is 26.2 Å². The van der Waals surface area contributed by atoms with Gasteiger partial charge in [-0.1, -0.05) is 23.2 Å². The lowest BCUT2D eigenvalue weighted by Crippen LogP contribution is -2.45. The van der Waals surface area contributed by atoms with Crippen molar-refractivity contribution in [2.75, 3.05) is 43.4 Å². The van der Waals surface area contributed by atoms with E-state index < -0.39 is 0 Å². The summed E-state index contributed by atoms with van der Waals surface area (Å²) >= 11 is 11.8. The topological polar surface area (TPSA) is 61.4 Å². The Labute approximate surface area is 150 Å². The molecular weight excluding hydrogens is 349 g/mol. The van der Waals surface area contributed by atoms with Gasteiger partial charge in [-0.3, -0.25) is 4.79 Å². The average Bonchev–Trinajstić information content (AvgIpc) is 2.59. The molecule has 1 aromatic carbocycles. The highest BCUT2D eigenvalue weighted by Gasteiger charge is 2.17. The largest absolute Gasteiger partial charge is 0.338 e. The molecule has 0 atom stereocenters. The van der Waals surface area contributed by atoms with Crippen LogP contribution in [0.4, 0.5) is 11.6 Å². The van der Waals surface area contributed by atoms with Crippen LogP contribution >= 0.6 is 23.2 Å². The molecule has 1 N–H and O–H groups in total. The summed E-state index contributed by atoms with van der Waals surface area (Å²) in [6.07, 6.45) is 3.07. The summed E-state index contributed by atoms with van der Waals surface area (Å²) < 4.78 is 0. The van der Waals surface area contributed by atoms with Crippen LogP contribution in [0.5, 0.6) is 0 Å². The molecule has 0 radical (unpaired) electrons. The zero-order valence-corrected chi connectivity index (χ0v) is 14.7. The second-order valence-electron chi connectivity index (χ2n) is 5.65. The molecule has 1 amide bonds. The van der Waals surface area contributed by atoms with Crippen molar-refractivity contribution in [3.05, 3.63) is 46.2 Å². The highest BCUT2D eigenvalue weighted by atomic mass is 35.5. The number of aromatic nitrogens is 2. The van der Waals surface area contributed by atoms with E-state index in [-0.39, 0.29) is 5.91 Å². The van der Waals surface area contributed by atoms with Gasteiger partial charge >= 0.3 is 0 Å². The number of amides is 1. The van der Waals surface area contributed by atoms with Crippen molar-refractivity contribution in [2.24, 2.45) is 0 Å². The van der Waals surface area contributed by atoms with Gasteiger partial charge in [-0.05, 0) is 25.2 Å². The Morgan fingerprint density at radius 3 is 2.38 bits per heavy atom. The minimum Gasteiger partial charge on any atom is -0.338 e. The number of nitrogens with zero attached hydrogens (tertiary/aromatic N) is 4. The number of halogens is 2. The van der Waals surface area contributed by atoms with E-state index >= 15 is 0 Å². The van der Waals surface area contributed by atoms with Crippen molar-refractivity contribution >= 4 is 40.7 Å². The van der Waals surface area contributed by atoms with Crippen LogP contribution in [0.3, 0.4) is 0 Å². The molecule has 126 valence electrons. The molecule has 1 aromatic heterocycles. The standard InChI is InChI=1S/C16H17Cl2N5O/c1-22-4-6-23(7-5-22)16-19-9-11(10-20-16)15(24)21-12-2-3-13(17)14(18)8-12/h2-3,8-10H,4-7H2,1H3,(H,21,24). The van der Waals surface area contributed by atoms with Gasteiger partial charge in [-0.2, -0.15) is 0 Å². The van der Waals surface area contributed by atoms with Crippen molar-refractivity contribution in [1.82, 2.24) is 14.9 Å². The van der Waals surface area contributed by atoms with E-state index in [9.17, 15) is 4.79 Å². The smallest absolute Gasteiger partial charge is 0.258 e. The molecule has 1 aliphatic rings. The normalized spacial score (nSPS) is 15.4. The molecule has 0 bridgehead atoms. The molecule has 0 unspecified atom stereocenters. The van der Waals surface area contributed by atoms with Gasteiger partial charge in [0.1, 0.15) is 0 Å². The van der Waals surface area contributed by atoms with Gasteiger partial charge in [-0.15, -0.1) is 0 Å². The highest BCUT2D eigenvalue weighted by Crippen LogP contribution is 2.25. The second kappa shape index (κ2) is 7.34. The third-order valence-electron chi connectivity index (χ3n) is 3.86. The van der Waals surface area contributed by atoms with Crippen LogP contribution in [-0.2, 0) is 0 Å². The SMILES string of the molecule is CN1CCN(c2ncc(C(=O)Nc3ccc(Cl)c(Cl)c3)cn2)CC1. The van der Waals surface area contributed by atoms with Crippen molar-refractivity contribution in [2.45, 2.75) is 0 Å². The number of benzene rings is 1. The number of anilines is 2. The lowest BCUT2D eigenvalue weighted by atomic mass is 10.2. The fourth-order valence-electron chi connectivity index (χ4n) is 2.39. The Balaban J connectivity index is 1.66.